The molecule has 13 rings (SSSR count). The Labute approximate surface area is 473 Å². The number of hydrogen-bond acceptors (Lipinski definition) is 10. The molecule has 0 radical (unpaired) electrons. The highest BCUT2D eigenvalue weighted by Gasteiger charge is 2.51. The summed E-state index contributed by atoms with van der Waals surface area (Å²) in [6.45, 7) is 8.23. The van der Waals surface area contributed by atoms with E-state index in [4.69, 9.17) is 39.2 Å². The van der Waals surface area contributed by atoms with Gasteiger partial charge in [0.15, 0.2) is 34.9 Å². The first-order valence-electron chi connectivity index (χ1n) is 26.2. The molecular formula is C68H54BBrN6O4. The van der Waals surface area contributed by atoms with Gasteiger partial charge in [0.1, 0.15) is 11.5 Å². The van der Waals surface area contributed by atoms with Crippen molar-refractivity contribution in [2.45, 2.75) is 38.9 Å². The molecule has 0 unspecified atom stereocenters. The molecule has 2 aromatic heterocycles. The van der Waals surface area contributed by atoms with E-state index in [1.54, 1.807) is 12.1 Å². The normalized spacial score (nSPS) is 13.2. The van der Waals surface area contributed by atoms with E-state index in [0.717, 1.165) is 76.0 Å². The molecule has 2 N–H and O–H groups in total. The topological polar surface area (TPSA) is 136 Å². The van der Waals surface area contributed by atoms with Gasteiger partial charge in [-0.3, -0.25) is 0 Å². The van der Waals surface area contributed by atoms with Crippen LogP contribution in [0.5, 0.6) is 11.5 Å². The number of rotatable bonds is 8. The lowest BCUT2D eigenvalue weighted by Gasteiger charge is -2.32. The number of benzene rings is 10. The maximum Gasteiger partial charge on any atom is 0.494 e. The summed E-state index contributed by atoms with van der Waals surface area (Å²) >= 11 is 3.39. The minimum atomic E-state index is -0.401. The Balaban J connectivity index is 0.000000140. The number of phenolic OH excluding ortho intramolecular Hbond substituents is 2. The standard InChI is InChI=1S/C31H21N3O.C27H26BN3O2.C10H7BrO/c35-27-16-8-14-22-13-7-15-26(28(22)27)21-17-19-25(20-18-21)31-33-29(23-9-3-1-4-10-23)32-30(34-31)24-11-5-2-6-12-24;1-26(2)27(3,4)33-28(32-26)22-17-15-21(16-18-22)25-30-23(19-11-7-5-8-12-19)29-24(31-25)20-13-9-6-10-14-20;11-8-5-1-3-7-4-2-6-9(12)10(7)8/h1-20,35H;5-18H,1-4H3;1-6,12H. The molecule has 0 spiro atoms. The zero-order chi connectivity index (χ0) is 55.2. The highest BCUT2D eigenvalue weighted by atomic mass is 79.9. The third-order valence-corrected chi connectivity index (χ3v) is 14.9. The fourth-order valence-corrected chi connectivity index (χ4v) is 9.87. The van der Waals surface area contributed by atoms with Crippen LogP contribution in [0.1, 0.15) is 27.7 Å². The van der Waals surface area contributed by atoms with Crippen molar-refractivity contribution in [3.63, 3.8) is 0 Å². The van der Waals surface area contributed by atoms with Crippen molar-refractivity contribution >= 4 is 50.1 Å². The largest absolute Gasteiger partial charge is 0.507 e. The van der Waals surface area contributed by atoms with Gasteiger partial charge in [-0.05, 0) is 73.3 Å². The van der Waals surface area contributed by atoms with Crippen LogP contribution in [0.25, 0.3) is 101 Å². The predicted octanol–water partition coefficient (Wildman–Crippen LogP) is 15.9. The summed E-state index contributed by atoms with van der Waals surface area (Å²) in [5, 5.41) is 23.8. The van der Waals surface area contributed by atoms with Crippen LogP contribution < -0.4 is 5.46 Å². The van der Waals surface area contributed by atoms with Gasteiger partial charge in [0.25, 0.3) is 0 Å². The van der Waals surface area contributed by atoms with Crippen molar-refractivity contribution in [1.29, 1.82) is 0 Å². The molecule has 12 aromatic rings. The van der Waals surface area contributed by atoms with E-state index in [1.807, 2.05) is 231 Å². The second kappa shape index (κ2) is 23.0. The van der Waals surface area contributed by atoms with Gasteiger partial charge in [-0.25, -0.2) is 29.9 Å². The third kappa shape index (κ3) is 11.5. The molecule has 1 fully saturated rings. The van der Waals surface area contributed by atoms with Gasteiger partial charge in [0, 0.05) is 48.6 Å². The summed E-state index contributed by atoms with van der Waals surface area (Å²) < 4.78 is 13.3. The van der Waals surface area contributed by atoms with E-state index in [0.29, 0.717) is 40.7 Å². The Hall–Kier alpha value is -9.20. The van der Waals surface area contributed by atoms with Gasteiger partial charge in [-0.2, -0.15) is 0 Å². The van der Waals surface area contributed by atoms with Crippen LogP contribution in [0.2, 0.25) is 0 Å². The van der Waals surface area contributed by atoms with Crippen molar-refractivity contribution in [1.82, 2.24) is 29.9 Å². The number of phenols is 2. The smallest absolute Gasteiger partial charge is 0.494 e. The zero-order valence-corrected chi connectivity index (χ0v) is 46.0. The quantitative estimate of drug-likeness (QED) is 0.142. The number of nitrogens with zero attached hydrogens (tertiary/aromatic N) is 6. The van der Waals surface area contributed by atoms with Gasteiger partial charge in [-0.1, -0.05) is 240 Å². The lowest BCUT2D eigenvalue weighted by molar-refractivity contribution is 0.00578. The van der Waals surface area contributed by atoms with Crippen molar-refractivity contribution in [2.75, 3.05) is 0 Å². The van der Waals surface area contributed by atoms with Crippen LogP contribution in [0.4, 0.5) is 0 Å². The highest BCUT2D eigenvalue weighted by molar-refractivity contribution is 9.10. The number of fused-ring (bicyclic) bond motifs is 2. The van der Waals surface area contributed by atoms with Crippen LogP contribution in [-0.2, 0) is 9.31 Å². The Morgan fingerprint density at radius 1 is 0.325 bits per heavy atom. The Morgan fingerprint density at radius 2 is 0.625 bits per heavy atom. The minimum Gasteiger partial charge on any atom is -0.507 e. The summed E-state index contributed by atoms with van der Waals surface area (Å²) in [5.74, 6) is 4.41. The zero-order valence-electron chi connectivity index (χ0n) is 44.4. The Morgan fingerprint density at radius 3 is 1.00 bits per heavy atom. The fourth-order valence-electron chi connectivity index (χ4n) is 9.28. The van der Waals surface area contributed by atoms with E-state index in [1.165, 1.54) is 0 Å². The summed E-state index contributed by atoms with van der Waals surface area (Å²) in [6, 6.07) is 79.0. The average Bonchev–Trinajstić information content (AvgIpc) is 3.73. The first-order valence-corrected chi connectivity index (χ1v) is 27.0. The summed E-state index contributed by atoms with van der Waals surface area (Å²) in [5.41, 5.74) is 7.81. The lowest BCUT2D eigenvalue weighted by atomic mass is 9.79. The van der Waals surface area contributed by atoms with Gasteiger partial charge in [-0.15, -0.1) is 0 Å². The predicted molar refractivity (Wildman–Crippen MR) is 326 cm³/mol. The van der Waals surface area contributed by atoms with Crippen molar-refractivity contribution in [3.05, 3.63) is 247 Å². The first kappa shape index (κ1) is 52.8. The first-order chi connectivity index (χ1) is 38.9. The molecule has 0 aliphatic carbocycles. The molecule has 10 aromatic carbocycles. The monoisotopic (exact) mass is 1110 g/mol. The molecule has 390 valence electrons. The maximum atomic E-state index is 10.5. The van der Waals surface area contributed by atoms with Gasteiger partial charge in [0.2, 0.25) is 0 Å². The van der Waals surface area contributed by atoms with Gasteiger partial charge < -0.3 is 19.5 Å². The molecule has 1 aliphatic heterocycles. The van der Waals surface area contributed by atoms with E-state index in [-0.39, 0.29) is 17.0 Å². The molecule has 10 nitrogen and oxygen atoms in total. The second-order valence-corrected chi connectivity index (χ2v) is 21.0. The van der Waals surface area contributed by atoms with Crippen LogP contribution in [0.3, 0.4) is 0 Å². The number of aromatic nitrogens is 6. The fraction of sp³-hybridized carbons (Fsp3) is 0.0882. The van der Waals surface area contributed by atoms with Crippen LogP contribution in [0.15, 0.2) is 247 Å². The van der Waals surface area contributed by atoms with Crippen molar-refractivity contribution < 1.29 is 19.5 Å². The second-order valence-electron chi connectivity index (χ2n) is 20.2. The number of halogens is 1. The molecule has 0 atom stereocenters. The third-order valence-electron chi connectivity index (χ3n) is 14.3. The SMILES string of the molecule is CC1(C)OB(c2ccc(-c3nc(-c4ccccc4)nc(-c4ccccc4)n3)cc2)OC1(C)C.Oc1cccc2cccc(-c3ccc(-c4nc(-c5ccccc5)nc(-c5ccccc5)n4)cc3)c12.Oc1cccc2cccc(Br)c12. The van der Waals surface area contributed by atoms with E-state index >= 15 is 0 Å². The molecule has 80 heavy (non-hydrogen) atoms. The van der Waals surface area contributed by atoms with Gasteiger partial charge >= 0.3 is 7.12 Å². The summed E-state index contributed by atoms with van der Waals surface area (Å²) in [4.78, 5) is 28.7. The van der Waals surface area contributed by atoms with Crippen LogP contribution in [-0.4, -0.2) is 58.4 Å². The summed E-state index contributed by atoms with van der Waals surface area (Å²) in [7, 11) is -0.401. The number of hydrogen-bond donors (Lipinski definition) is 2. The summed E-state index contributed by atoms with van der Waals surface area (Å²) in [6.07, 6.45) is 0. The van der Waals surface area contributed by atoms with Crippen LogP contribution >= 0.6 is 15.9 Å². The van der Waals surface area contributed by atoms with Crippen molar-refractivity contribution in [3.8, 4) is 91.0 Å². The minimum absolute atomic E-state index is 0.277. The van der Waals surface area contributed by atoms with Gasteiger partial charge in [0.05, 0.1) is 11.2 Å². The molecule has 1 saturated heterocycles. The molecule has 12 heteroatoms. The molecular weight excluding hydrogens is 1060 g/mol. The maximum absolute atomic E-state index is 10.5. The molecule has 0 bridgehead atoms. The average molecular weight is 1110 g/mol. The Kier molecular flexibility index (Phi) is 15.2. The molecule has 1 aliphatic rings. The molecule has 0 saturated carbocycles. The molecule has 3 heterocycles. The highest BCUT2D eigenvalue weighted by Crippen LogP contribution is 2.38. The van der Waals surface area contributed by atoms with E-state index < -0.39 is 7.12 Å². The Bertz CT molecular complexity index is 3930. The van der Waals surface area contributed by atoms with E-state index in [9.17, 15) is 10.2 Å². The van der Waals surface area contributed by atoms with Crippen molar-refractivity contribution in [2.24, 2.45) is 0 Å². The molecule has 0 amide bonds. The lowest BCUT2D eigenvalue weighted by Crippen LogP contribution is -2.41. The van der Waals surface area contributed by atoms with Crippen LogP contribution in [0, 0.1) is 0 Å². The van der Waals surface area contributed by atoms with E-state index in [2.05, 4.69) is 43.6 Å². The number of aromatic hydroxyl groups is 2.